The smallest absolute Gasteiger partial charge is 0.243 e. The minimum atomic E-state index is -4.08. The first-order chi connectivity index (χ1) is 18.6. The maximum atomic E-state index is 13.6. The van der Waals surface area contributed by atoms with Gasteiger partial charge in [0.05, 0.1) is 31.1 Å². The van der Waals surface area contributed by atoms with Gasteiger partial charge in [-0.25, -0.2) is 23.4 Å². The highest BCUT2D eigenvalue weighted by Gasteiger charge is 2.33. The van der Waals surface area contributed by atoms with Crippen LogP contribution in [0.5, 0.6) is 0 Å². The van der Waals surface area contributed by atoms with Crippen molar-refractivity contribution in [1.29, 1.82) is 5.26 Å². The molecule has 14 heteroatoms. The number of ether oxygens (including phenoxy) is 2. The predicted molar refractivity (Wildman–Crippen MR) is 148 cm³/mol. The summed E-state index contributed by atoms with van der Waals surface area (Å²) in [6.45, 7) is 8.66. The van der Waals surface area contributed by atoms with Crippen LogP contribution in [0.1, 0.15) is 36.7 Å². The molecule has 2 aromatic heterocycles. The number of hydrogen-bond donors (Lipinski definition) is 1. The molecule has 0 aliphatic rings. The Hall–Kier alpha value is -4.64. The molecule has 0 aliphatic heterocycles. The van der Waals surface area contributed by atoms with E-state index in [-0.39, 0.29) is 29.3 Å². The molecule has 0 radical (unpaired) electrons. The minimum absolute atomic E-state index is 0.0339. The molecule has 2 atom stereocenters. The van der Waals surface area contributed by atoms with Gasteiger partial charge in [0.25, 0.3) is 0 Å². The van der Waals surface area contributed by atoms with Crippen molar-refractivity contribution in [3.05, 3.63) is 59.5 Å². The lowest BCUT2D eigenvalue weighted by molar-refractivity contribution is 0.288. The van der Waals surface area contributed by atoms with Gasteiger partial charge in [-0.2, -0.15) is 5.26 Å². The Kier molecular flexibility index (Phi) is 9.10. The molecule has 39 heavy (non-hydrogen) atoms. The molecule has 13 nitrogen and oxygen atoms in total. The topological polar surface area (TPSA) is 170 Å². The van der Waals surface area contributed by atoms with Crippen LogP contribution in [0.2, 0.25) is 0 Å². The van der Waals surface area contributed by atoms with Gasteiger partial charge >= 0.3 is 0 Å². The molecule has 1 N–H and O–H groups in total. The Labute approximate surface area is 227 Å². The molecule has 0 unspecified atom stereocenters. The van der Waals surface area contributed by atoms with Crippen molar-refractivity contribution in [3.8, 4) is 17.5 Å². The first kappa shape index (κ1) is 28.9. The van der Waals surface area contributed by atoms with Crippen LogP contribution in [0.25, 0.3) is 17.1 Å². The molecule has 0 amide bonds. The first-order valence-electron chi connectivity index (χ1n) is 11.6. The predicted octanol–water partition coefficient (Wildman–Crippen LogP) is 3.00. The summed E-state index contributed by atoms with van der Waals surface area (Å²) < 4.78 is 41.9. The average Bonchev–Trinajstić information content (AvgIpc) is 3.35. The number of nitrogens with one attached hydrogen (secondary N) is 1. The van der Waals surface area contributed by atoms with E-state index in [1.54, 1.807) is 50.5 Å². The van der Waals surface area contributed by atoms with Crippen LogP contribution in [-0.2, 0) is 19.5 Å². The molecule has 0 aliphatic carbocycles. The van der Waals surface area contributed by atoms with E-state index >= 15 is 0 Å². The Morgan fingerprint density at radius 3 is 2.44 bits per heavy atom. The van der Waals surface area contributed by atoms with E-state index in [0.29, 0.717) is 17.0 Å². The molecule has 1 aromatic carbocycles. The number of rotatable bonds is 10. The van der Waals surface area contributed by atoms with E-state index in [9.17, 15) is 13.7 Å². The zero-order chi connectivity index (χ0) is 28.7. The maximum Gasteiger partial charge on any atom is 0.243 e. The van der Waals surface area contributed by atoms with E-state index < -0.39 is 21.2 Å². The fourth-order valence-corrected chi connectivity index (χ4v) is 4.86. The maximum absolute atomic E-state index is 13.6. The third-order valence-electron chi connectivity index (χ3n) is 5.91. The molecule has 3 aromatic rings. The highest BCUT2D eigenvalue weighted by Crippen LogP contribution is 2.31. The van der Waals surface area contributed by atoms with Gasteiger partial charge in [0.1, 0.15) is 5.82 Å². The van der Waals surface area contributed by atoms with Gasteiger partial charge in [-0.3, -0.25) is 14.3 Å². The van der Waals surface area contributed by atoms with Gasteiger partial charge in [-0.05, 0) is 38.3 Å². The van der Waals surface area contributed by atoms with Crippen LogP contribution < -0.4 is 4.72 Å². The van der Waals surface area contributed by atoms with Gasteiger partial charge in [0, 0.05) is 30.9 Å². The van der Waals surface area contributed by atoms with Crippen LogP contribution in [0.15, 0.2) is 52.5 Å². The normalized spacial score (nSPS) is 14.0. The number of anilines is 1. The van der Waals surface area contributed by atoms with E-state index in [4.69, 9.17) is 9.47 Å². The average molecular weight is 552 g/mol. The molecular formula is C25H29N9O4S. The lowest BCUT2D eigenvalue weighted by Gasteiger charge is -2.21. The lowest BCUT2D eigenvalue weighted by Crippen LogP contribution is -2.32. The summed E-state index contributed by atoms with van der Waals surface area (Å²) in [5.74, 6) is -0.206. The van der Waals surface area contributed by atoms with Crippen LogP contribution in [0.3, 0.4) is 0 Å². The van der Waals surface area contributed by atoms with E-state index in [2.05, 4.69) is 47.7 Å². The number of nitrogens with zero attached hydrogens (tertiary/aromatic N) is 8. The standard InChI is InChI=1S/C25H29N9O4S/c1-15-13-29-21(30-14-15)16(2)17(3)39(35,36)33-25-32-31-22(19-10-8-9-18(11-19)12-26)34(25)20(23(27-4)37-6)24(28-5)38-7/h8-11,13-14,16-17H,4H2,1-3,5-7H3,(H,32,33)/b23-20-,28-24+/t16-,17-/m0/s1. The highest BCUT2D eigenvalue weighted by molar-refractivity contribution is 7.93. The summed E-state index contributed by atoms with van der Waals surface area (Å²) in [6.07, 6.45) is 3.26. The number of aromatic nitrogens is 5. The summed E-state index contributed by atoms with van der Waals surface area (Å²) in [6, 6.07) is 8.64. The van der Waals surface area contributed by atoms with E-state index in [1.807, 2.05) is 6.92 Å². The molecule has 0 saturated carbocycles. The van der Waals surface area contributed by atoms with Gasteiger partial charge < -0.3 is 9.47 Å². The largest absolute Gasteiger partial charge is 0.480 e. The van der Waals surface area contributed by atoms with Crippen molar-refractivity contribution >= 4 is 34.3 Å². The fraction of sp³-hybridized carbons (Fsp3) is 0.320. The molecule has 0 spiro atoms. The second kappa shape index (κ2) is 12.3. The van der Waals surface area contributed by atoms with Crippen molar-refractivity contribution in [1.82, 2.24) is 24.7 Å². The zero-order valence-corrected chi connectivity index (χ0v) is 23.3. The van der Waals surface area contributed by atoms with Gasteiger partial charge in [0.2, 0.25) is 27.8 Å². The second-order valence-electron chi connectivity index (χ2n) is 8.38. The minimum Gasteiger partial charge on any atom is -0.480 e. The van der Waals surface area contributed by atoms with E-state index in [1.165, 1.54) is 25.8 Å². The van der Waals surface area contributed by atoms with Crippen LogP contribution >= 0.6 is 0 Å². The number of aryl methyl sites for hydroxylation is 1. The molecule has 2 heterocycles. The number of benzene rings is 1. The Bertz CT molecular complexity index is 1550. The highest BCUT2D eigenvalue weighted by atomic mass is 32.2. The van der Waals surface area contributed by atoms with E-state index in [0.717, 1.165) is 5.56 Å². The van der Waals surface area contributed by atoms with Gasteiger partial charge in [-0.15, -0.1) is 10.2 Å². The summed E-state index contributed by atoms with van der Waals surface area (Å²) in [4.78, 5) is 16.6. The third-order valence-corrected chi connectivity index (χ3v) is 7.76. The fourth-order valence-electron chi connectivity index (χ4n) is 3.63. The van der Waals surface area contributed by atoms with Crippen molar-refractivity contribution in [2.24, 2.45) is 9.98 Å². The molecule has 0 bridgehead atoms. The van der Waals surface area contributed by atoms with Crippen LogP contribution in [0, 0.1) is 18.3 Å². The monoisotopic (exact) mass is 551 g/mol. The molecule has 0 fully saturated rings. The number of sulfonamides is 1. The number of methoxy groups -OCH3 is 2. The SMILES string of the molecule is C=N/C(OC)=C(\C(=N/C)OC)n1c(NS(=O)(=O)[C@@H](C)[C@H](C)c2ncc(C)cn2)nnc1-c1cccc(C#N)c1. The van der Waals surface area contributed by atoms with Crippen LogP contribution in [0.4, 0.5) is 5.95 Å². The van der Waals surface area contributed by atoms with Crippen molar-refractivity contribution in [2.45, 2.75) is 31.9 Å². The Balaban J connectivity index is 2.22. The second-order valence-corrected chi connectivity index (χ2v) is 10.4. The number of aliphatic imine (C=N–C) groups is 2. The lowest BCUT2D eigenvalue weighted by atomic mass is 10.1. The number of nitriles is 1. The zero-order valence-electron chi connectivity index (χ0n) is 22.4. The van der Waals surface area contributed by atoms with Crippen molar-refractivity contribution < 1.29 is 17.9 Å². The first-order valence-corrected chi connectivity index (χ1v) is 13.2. The molecular weight excluding hydrogens is 522 g/mol. The van der Waals surface area contributed by atoms with Gasteiger partial charge in [-0.1, -0.05) is 19.1 Å². The van der Waals surface area contributed by atoms with Crippen molar-refractivity contribution in [3.63, 3.8) is 0 Å². The summed E-state index contributed by atoms with van der Waals surface area (Å²) in [5, 5.41) is 16.8. The van der Waals surface area contributed by atoms with Gasteiger partial charge in [0.15, 0.2) is 11.5 Å². The molecule has 204 valence electrons. The Morgan fingerprint density at radius 2 is 1.87 bits per heavy atom. The summed E-state index contributed by atoms with van der Waals surface area (Å²) in [7, 11) is 0.141. The molecule has 3 rings (SSSR count). The molecule has 0 saturated heterocycles. The third kappa shape index (κ3) is 6.10. The number of hydrogen-bond acceptors (Lipinski definition) is 11. The summed E-state index contributed by atoms with van der Waals surface area (Å²) >= 11 is 0. The Morgan fingerprint density at radius 1 is 1.18 bits per heavy atom. The quantitative estimate of drug-likeness (QED) is 0.226. The van der Waals surface area contributed by atoms with Crippen molar-refractivity contribution in [2.75, 3.05) is 26.0 Å². The summed E-state index contributed by atoms with van der Waals surface area (Å²) in [5.41, 5.74) is 1.77. The van der Waals surface area contributed by atoms with Crippen LogP contribution in [-0.4, -0.2) is 72.3 Å².